The summed E-state index contributed by atoms with van der Waals surface area (Å²) in [4.78, 5) is 14.0. The smallest absolute Gasteiger partial charge is 0.258 e. The van der Waals surface area contributed by atoms with E-state index in [0.717, 1.165) is 5.69 Å². The first-order valence-corrected chi connectivity index (χ1v) is 7.63. The van der Waals surface area contributed by atoms with Gasteiger partial charge in [0, 0.05) is 23.3 Å². The van der Waals surface area contributed by atoms with Crippen LogP contribution in [0.15, 0.2) is 48.5 Å². The predicted octanol–water partition coefficient (Wildman–Crippen LogP) is 3.77. The number of carbonyl (C=O) groups is 1. The maximum Gasteiger partial charge on any atom is 0.258 e. The summed E-state index contributed by atoms with van der Waals surface area (Å²) in [5.41, 5.74) is 0.430. The summed E-state index contributed by atoms with van der Waals surface area (Å²) < 4.78 is 5.50. The Bertz CT molecular complexity index is 660. The zero-order valence-electron chi connectivity index (χ0n) is 13.4. The van der Waals surface area contributed by atoms with Gasteiger partial charge < -0.3 is 14.7 Å². The second-order valence-electron chi connectivity index (χ2n) is 5.97. The molecule has 0 fully saturated rings. The average Bonchev–Trinajstić information content (AvgIpc) is 2.52. The highest BCUT2D eigenvalue weighted by molar-refractivity contribution is 6.30. The van der Waals surface area contributed by atoms with Crippen molar-refractivity contribution in [1.82, 2.24) is 0 Å². The summed E-state index contributed by atoms with van der Waals surface area (Å²) in [6, 6.07) is 13.9. The molecule has 4 nitrogen and oxygen atoms in total. The van der Waals surface area contributed by atoms with Crippen molar-refractivity contribution in [2.24, 2.45) is 0 Å². The first kappa shape index (κ1) is 17.3. The van der Waals surface area contributed by atoms with Crippen LogP contribution in [0.5, 0.6) is 5.75 Å². The number of ether oxygens (including phenoxy) is 1. The first-order chi connectivity index (χ1) is 10.8. The number of benzene rings is 2. The van der Waals surface area contributed by atoms with Gasteiger partial charge in [0.25, 0.3) is 5.91 Å². The van der Waals surface area contributed by atoms with Crippen LogP contribution in [0.1, 0.15) is 24.2 Å². The summed E-state index contributed by atoms with van der Waals surface area (Å²) in [7, 11) is 1.71. The highest BCUT2D eigenvalue weighted by atomic mass is 35.5. The summed E-state index contributed by atoms with van der Waals surface area (Å²) >= 11 is 5.84. The van der Waals surface area contributed by atoms with E-state index >= 15 is 0 Å². The molecule has 0 aliphatic heterocycles. The van der Waals surface area contributed by atoms with Crippen molar-refractivity contribution in [3.05, 3.63) is 59.1 Å². The Morgan fingerprint density at radius 3 is 2.22 bits per heavy atom. The van der Waals surface area contributed by atoms with E-state index in [4.69, 9.17) is 16.3 Å². The van der Waals surface area contributed by atoms with Gasteiger partial charge in [-0.25, -0.2) is 0 Å². The Hall–Kier alpha value is -2.04. The number of carbonyl (C=O) groups excluding carboxylic acids is 1. The van der Waals surface area contributed by atoms with E-state index in [9.17, 15) is 9.90 Å². The molecule has 0 radical (unpaired) electrons. The van der Waals surface area contributed by atoms with Crippen molar-refractivity contribution in [2.75, 3.05) is 18.6 Å². The zero-order chi connectivity index (χ0) is 17.0. The van der Waals surface area contributed by atoms with E-state index in [1.165, 1.54) is 0 Å². The Morgan fingerprint density at radius 2 is 1.70 bits per heavy atom. The Balaban J connectivity index is 2.06. The molecule has 1 amide bonds. The lowest BCUT2D eigenvalue weighted by Gasteiger charge is -2.20. The minimum atomic E-state index is -0.889. The molecule has 2 rings (SSSR count). The van der Waals surface area contributed by atoms with Crippen molar-refractivity contribution >= 4 is 23.2 Å². The normalized spacial score (nSPS) is 11.2. The van der Waals surface area contributed by atoms with Crippen LogP contribution in [0.3, 0.4) is 0 Å². The molecule has 0 aromatic heterocycles. The van der Waals surface area contributed by atoms with Gasteiger partial charge in [0.1, 0.15) is 12.4 Å². The van der Waals surface area contributed by atoms with E-state index in [0.29, 0.717) is 16.3 Å². The van der Waals surface area contributed by atoms with Crippen LogP contribution < -0.4 is 9.64 Å². The molecule has 0 spiro atoms. The molecule has 1 N–H and O–H groups in total. The van der Waals surface area contributed by atoms with Crippen LogP contribution in [0.2, 0.25) is 5.02 Å². The summed E-state index contributed by atoms with van der Waals surface area (Å²) in [5.74, 6) is 0.523. The van der Waals surface area contributed by atoms with Gasteiger partial charge in [0.05, 0.1) is 5.60 Å². The highest BCUT2D eigenvalue weighted by Gasteiger charge is 2.15. The van der Waals surface area contributed by atoms with Crippen LogP contribution >= 0.6 is 11.6 Å². The van der Waals surface area contributed by atoms with Crippen LogP contribution in [0, 0.1) is 0 Å². The zero-order valence-corrected chi connectivity index (χ0v) is 14.2. The molecule has 23 heavy (non-hydrogen) atoms. The third-order valence-electron chi connectivity index (χ3n) is 3.21. The molecule has 0 saturated carbocycles. The topological polar surface area (TPSA) is 49.8 Å². The van der Waals surface area contributed by atoms with Gasteiger partial charge in [-0.1, -0.05) is 11.6 Å². The van der Waals surface area contributed by atoms with Gasteiger partial charge in [-0.2, -0.15) is 0 Å². The number of aliphatic hydroxyl groups is 1. The quantitative estimate of drug-likeness (QED) is 0.906. The molecular weight excluding hydrogens is 314 g/mol. The number of hydrogen-bond donors (Lipinski definition) is 1. The molecule has 0 unspecified atom stereocenters. The summed E-state index contributed by atoms with van der Waals surface area (Å²) in [5, 5.41) is 10.2. The average molecular weight is 334 g/mol. The van der Waals surface area contributed by atoms with E-state index in [1.54, 1.807) is 74.3 Å². The Kier molecular flexibility index (Phi) is 5.29. The van der Waals surface area contributed by atoms with Gasteiger partial charge in [-0.05, 0) is 62.4 Å². The third kappa shape index (κ3) is 4.98. The lowest BCUT2D eigenvalue weighted by molar-refractivity contribution is 0.0285. The summed E-state index contributed by atoms with van der Waals surface area (Å²) in [6.45, 7) is 3.56. The number of hydrogen-bond acceptors (Lipinski definition) is 3. The molecule has 0 bridgehead atoms. The molecule has 122 valence electrons. The molecule has 0 heterocycles. The number of halogens is 1. The first-order valence-electron chi connectivity index (χ1n) is 7.25. The lowest BCUT2D eigenvalue weighted by Crippen LogP contribution is -2.28. The van der Waals surface area contributed by atoms with Gasteiger partial charge in [-0.15, -0.1) is 0 Å². The van der Waals surface area contributed by atoms with Crippen LogP contribution in [0.25, 0.3) is 0 Å². The van der Waals surface area contributed by atoms with E-state index in [-0.39, 0.29) is 12.5 Å². The van der Waals surface area contributed by atoms with Crippen LogP contribution in [-0.4, -0.2) is 30.3 Å². The minimum Gasteiger partial charge on any atom is -0.491 e. The van der Waals surface area contributed by atoms with Crippen molar-refractivity contribution in [3.8, 4) is 5.75 Å². The van der Waals surface area contributed by atoms with Crippen LogP contribution in [-0.2, 0) is 0 Å². The molecule has 0 saturated heterocycles. The molecule has 5 heteroatoms. The number of rotatable bonds is 5. The predicted molar refractivity (Wildman–Crippen MR) is 92.4 cm³/mol. The second-order valence-corrected chi connectivity index (χ2v) is 6.40. The largest absolute Gasteiger partial charge is 0.491 e. The Labute approximate surface area is 141 Å². The van der Waals surface area contributed by atoms with Crippen molar-refractivity contribution in [3.63, 3.8) is 0 Å². The molecule has 0 aliphatic rings. The fraction of sp³-hybridized carbons (Fsp3) is 0.278. The second kappa shape index (κ2) is 7.02. The standard InChI is InChI=1S/C18H20ClNO3/c1-18(2,22)12-23-16-10-8-15(9-11-16)20(3)17(21)13-4-6-14(19)7-5-13/h4-11,22H,12H2,1-3H3. The van der Waals surface area contributed by atoms with E-state index < -0.39 is 5.60 Å². The number of nitrogens with zero attached hydrogens (tertiary/aromatic N) is 1. The highest BCUT2D eigenvalue weighted by Crippen LogP contribution is 2.21. The molecular formula is C18H20ClNO3. The third-order valence-corrected chi connectivity index (χ3v) is 3.46. The van der Waals surface area contributed by atoms with Crippen molar-refractivity contribution in [1.29, 1.82) is 0 Å². The number of anilines is 1. The lowest BCUT2D eigenvalue weighted by atomic mass is 10.1. The molecule has 0 aliphatic carbocycles. The van der Waals surface area contributed by atoms with Gasteiger partial charge in [0.2, 0.25) is 0 Å². The maximum absolute atomic E-state index is 12.4. The fourth-order valence-electron chi connectivity index (χ4n) is 1.93. The molecule has 0 atom stereocenters. The van der Waals surface area contributed by atoms with E-state index in [2.05, 4.69) is 0 Å². The minimum absolute atomic E-state index is 0.119. The van der Waals surface area contributed by atoms with E-state index in [1.807, 2.05) is 0 Å². The molecule has 2 aromatic rings. The monoisotopic (exact) mass is 333 g/mol. The van der Waals surface area contributed by atoms with Crippen LogP contribution in [0.4, 0.5) is 5.69 Å². The van der Waals surface area contributed by atoms with Crippen molar-refractivity contribution < 1.29 is 14.6 Å². The van der Waals surface area contributed by atoms with Crippen molar-refractivity contribution in [2.45, 2.75) is 19.4 Å². The fourth-order valence-corrected chi connectivity index (χ4v) is 2.06. The van der Waals surface area contributed by atoms with Gasteiger partial charge in [0.15, 0.2) is 0 Å². The molecule has 2 aromatic carbocycles. The summed E-state index contributed by atoms with van der Waals surface area (Å²) in [6.07, 6.45) is 0. The van der Waals surface area contributed by atoms with Gasteiger partial charge in [-0.3, -0.25) is 4.79 Å². The SMILES string of the molecule is CN(C(=O)c1ccc(Cl)cc1)c1ccc(OCC(C)(C)O)cc1. The number of amides is 1. The Morgan fingerprint density at radius 1 is 1.13 bits per heavy atom. The maximum atomic E-state index is 12.4. The van der Waals surface area contributed by atoms with Gasteiger partial charge >= 0.3 is 0 Å².